The van der Waals surface area contributed by atoms with Crippen molar-refractivity contribution in [2.75, 3.05) is 13.1 Å². The smallest absolute Gasteiger partial charge is 0.393 e. The lowest BCUT2D eigenvalue weighted by Gasteiger charge is -2.31. The van der Waals surface area contributed by atoms with Gasteiger partial charge in [0.15, 0.2) is 0 Å². The molecule has 17 heavy (non-hydrogen) atoms. The first-order valence-corrected chi connectivity index (χ1v) is 6.37. The summed E-state index contributed by atoms with van der Waals surface area (Å²) in [5, 5.41) is 0. The maximum atomic E-state index is 12.8. The molecule has 0 aromatic heterocycles. The molecule has 1 rings (SSSR count). The number of halogens is 3. The van der Waals surface area contributed by atoms with Gasteiger partial charge in [-0.15, -0.1) is 0 Å². The zero-order valence-electron chi connectivity index (χ0n) is 9.96. The van der Waals surface area contributed by atoms with Gasteiger partial charge in [-0.2, -0.15) is 13.2 Å². The van der Waals surface area contributed by atoms with Crippen LogP contribution in [0.2, 0.25) is 0 Å². The maximum Gasteiger partial charge on any atom is 0.399 e. The second-order valence-electron chi connectivity index (χ2n) is 4.52. The third-order valence-corrected chi connectivity index (χ3v) is 3.69. The van der Waals surface area contributed by atoms with Gasteiger partial charge in [0.2, 0.25) is 0 Å². The van der Waals surface area contributed by atoms with Gasteiger partial charge in [0.05, 0.1) is 4.99 Å². The highest BCUT2D eigenvalue weighted by atomic mass is 32.1. The van der Waals surface area contributed by atoms with Crippen molar-refractivity contribution in [2.45, 2.75) is 44.8 Å². The number of thiocarbonyl (C=S) groups is 1. The van der Waals surface area contributed by atoms with Crippen LogP contribution in [0.3, 0.4) is 0 Å². The van der Waals surface area contributed by atoms with E-state index in [0.29, 0.717) is 6.54 Å². The van der Waals surface area contributed by atoms with E-state index in [4.69, 9.17) is 5.73 Å². The van der Waals surface area contributed by atoms with Crippen LogP contribution in [0, 0.1) is 5.92 Å². The fourth-order valence-corrected chi connectivity index (χ4v) is 2.60. The van der Waals surface area contributed by atoms with Crippen molar-refractivity contribution in [3.63, 3.8) is 0 Å². The van der Waals surface area contributed by atoms with E-state index < -0.39 is 17.1 Å². The minimum absolute atomic E-state index is 0.0972. The number of hydrogen-bond donors (Lipinski definition) is 1. The molecular weight excluding hydrogens is 249 g/mol. The summed E-state index contributed by atoms with van der Waals surface area (Å²) in [6.45, 7) is 2.39. The van der Waals surface area contributed by atoms with Crippen molar-refractivity contribution in [1.82, 2.24) is 4.90 Å². The molecule has 100 valence electrons. The van der Waals surface area contributed by atoms with Gasteiger partial charge in [-0.3, -0.25) is 4.90 Å². The first-order chi connectivity index (χ1) is 7.86. The van der Waals surface area contributed by atoms with E-state index in [2.05, 4.69) is 12.2 Å². The molecule has 1 aliphatic rings. The average Bonchev–Trinajstić information content (AvgIpc) is 2.69. The lowest BCUT2D eigenvalue weighted by molar-refractivity contribution is -0.160. The van der Waals surface area contributed by atoms with Crippen LogP contribution in [0.15, 0.2) is 0 Å². The Morgan fingerprint density at radius 3 is 2.29 bits per heavy atom. The van der Waals surface area contributed by atoms with Gasteiger partial charge in [-0.05, 0) is 19.4 Å². The minimum atomic E-state index is -4.34. The van der Waals surface area contributed by atoms with E-state index in [1.807, 2.05) is 11.8 Å². The lowest BCUT2D eigenvalue weighted by atomic mass is 10.1. The largest absolute Gasteiger partial charge is 0.399 e. The van der Waals surface area contributed by atoms with E-state index in [1.165, 1.54) is 0 Å². The number of alkyl halides is 3. The van der Waals surface area contributed by atoms with Crippen LogP contribution >= 0.6 is 12.2 Å². The summed E-state index contributed by atoms with van der Waals surface area (Å²) < 4.78 is 38.3. The van der Waals surface area contributed by atoms with E-state index in [0.717, 1.165) is 25.7 Å². The van der Waals surface area contributed by atoms with Gasteiger partial charge in [0, 0.05) is 12.6 Å². The highest BCUT2D eigenvalue weighted by Gasteiger charge is 2.43. The molecule has 0 aromatic carbocycles. The number of rotatable bonds is 5. The Morgan fingerprint density at radius 2 is 1.94 bits per heavy atom. The molecule has 1 aliphatic carbocycles. The van der Waals surface area contributed by atoms with Crippen molar-refractivity contribution < 1.29 is 13.2 Å². The Kier molecular flexibility index (Phi) is 5.19. The van der Waals surface area contributed by atoms with Gasteiger partial charge in [0.25, 0.3) is 0 Å². The van der Waals surface area contributed by atoms with Crippen molar-refractivity contribution in [3.05, 3.63) is 0 Å². The number of hydrogen-bond acceptors (Lipinski definition) is 2. The fraction of sp³-hybridized carbons (Fsp3) is 0.909. The fourth-order valence-electron chi connectivity index (χ4n) is 2.40. The van der Waals surface area contributed by atoms with Crippen LogP contribution in [0.25, 0.3) is 0 Å². The topological polar surface area (TPSA) is 29.3 Å². The van der Waals surface area contributed by atoms with Crippen LogP contribution in [-0.2, 0) is 0 Å². The second-order valence-corrected chi connectivity index (χ2v) is 4.99. The molecule has 1 fully saturated rings. The molecule has 6 heteroatoms. The number of nitrogens with two attached hydrogens (primary N) is 1. The van der Waals surface area contributed by atoms with Crippen LogP contribution in [0.1, 0.15) is 32.6 Å². The van der Waals surface area contributed by atoms with Crippen LogP contribution in [-0.4, -0.2) is 35.2 Å². The van der Waals surface area contributed by atoms with Gasteiger partial charge in [0.1, 0.15) is 5.92 Å². The molecule has 0 bridgehead atoms. The van der Waals surface area contributed by atoms with E-state index in [1.54, 1.807) is 0 Å². The Labute approximate surface area is 105 Å². The zero-order chi connectivity index (χ0) is 13.1. The van der Waals surface area contributed by atoms with Gasteiger partial charge < -0.3 is 5.73 Å². The van der Waals surface area contributed by atoms with Gasteiger partial charge in [-0.25, -0.2) is 0 Å². The van der Waals surface area contributed by atoms with Crippen LogP contribution < -0.4 is 5.73 Å². The maximum absolute atomic E-state index is 12.8. The molecule has 1 saturated carbocycles. The Bertz CT molecular complexity index is 262. The molecule has 0 aliphatic heterocycles. The third kappa shape index (κ3) is 4.10. The SMILES string of the molecule is CCN(CC(C(N)=S)C(F)(F)F)C1CCCC1. The minimum Gasteiger partial charge on any atom is -0.393 e. The normalized spacial score (nSPS) is 19.8. The van der Waals surface area contributed by atoms with Crippen molar-refractivity contribution >= 4 is 17.2 Å². The van der Waals surface area contributed by atoms with Crippen molar-refractivity contribution in [3.8, 4) is 0 Å². The molecule has 0 aromatic rings. The molecule has 0 radical (unpaired) electrons. The third-order valence-electron chi connectivity index (χ3n) is 3.40. The van der Waals surface area contributed by atoms with E-state index in [9.17, 15) is 13.2 Å². The summed E-state index contributed by atoms with van der Waals surface area (Å²) in [5.41, 5.74) is 5.21. The molecule has 0 spiro atoms. The molecular formula is C11H19F3N2S. The Hall–Kier alpha value is -0.360. The highest BCUT2D eigenvalue weighted by molar-refractivity contribution is 7.80. The molecule has 0 saturated heterocycles. The number of nitrogens with zero attached hydrogens (tertiary/aromatic N) is 1. The van der Waals surface area contributed by atoms with Crippen LogP contribution in [0.5, 0.6) is 0 Å². The molecule has 2 N–H and O–H groups in total. The monoisotopic (exact) mass is 268 g/mol. The highest BCUT2D eigenvalue weighted by Crippen LogP contribution is 2.30. The quantitative estimate of drug-likeness (QED) is 0.777. The lowest BCUT2D eigenvalue weighted by Crippen LogP contribution is -2.46. The van der Waals surface area contributed by atoms with Crippen molar-refractivity contribution in [2.24, 2.45) is 11.7 Å². The predicted molar refractivity (Wildman–Crippen MR) is 65.8 cm³/mol. The average molecular weight is 268 g/mol. The Balaban J connectivity index is 2.66. The summed E-state index contributed by atoms with van der Waals surface area (Å²) in [6, 6.07) is 0.263. The predicted octanol–water partition coefficient (Wildman–Crippen LogP) is 2.72. The molecule has 2 nitrogen and oxygen atoms in total. The van der Waals surface area contributed by atoms with Crippen molar-refractivity contribution in [1.29, 1.82) is 0 Å². The van der Waals surface area contributed by atoms with E-state index in [-0.39, 0.29) is 12.6 Å². The first kappa shape index (κ1) is 14.7. The molecule has 0 amide bonds. The second kappa shape index (κ2) is 6.00. The summed E-state index contributed by atoms with van der Waals surface area (Å²) >= 11 is 4.54. The summed E-state index contributed by atoms with van der Waals surface area (Å²) in [7, 11) is 0. The standard InChI is InChI=1S/C11H19F3N2S/c1-2-16(8-5-3-4-6-8)7-9(10(15)17)11(12,13)14/h8-9H,2-7H2,1H3,(H2,15,17). The summed E-state index contributed by atoms with van der Waals surface area (Å²) in [6.07, 6.45) is -0.167. The Morgan fingerprint density at radius 1 is 1.41 bits per heavy atom. The summed E-state index contributed by atoms with van der Waals surface area (Å²) in [5.74, 6) is -1.68. The van der Waals surface area contributed by atoms with Crippen LogP contribution in [0.4, 0.5) is 13.2 Å². The van der Waals surface area contributed by atoms with Gasteiger partial charge >= 0.3 is 6.18 Å². The molecule has 1 unspecified atom stereocenters. The van der Waals surface area contributed by atoms with Gasteiger partial charge in [-0.1, -0.05) is 32.0 Å². The zero-order valence-corrected chi connectivity index (χ0v) is 10.8. The molecule has 0 heterocycles. The summed E-state index contributed by atoms with van der Waals surface area (Å²) in [4.78, 5) is 1.42. The first-order valence-electron chi connectivity index (χ1n) is 5.96. The molecule has 1 atom stereocenters. The van der Waals surface area contributed by atoms with E-state index >= 15 is 0 Å².